The van der Waals surface area contributed by atoms with E-state index in [0.717, 1.165) is 18.2 Å². The van der Waals surface area contributed by atoms with Crippen molar-refractivity contribution in [2.24, 2.45) is 5.92 Å². The Morgan fingerprint density at radius 1 is 1.17 bits per heavy atom. The number of nitrogens with zero attached hydrogens (tertiary/aromatic N) is 2. The van der Waals surface area contributed by atoms with E-state index in [1.165, 1.54) is 0 Å². The number of benzene rings is 1. The third kappa shape index (κ3) is 4.46. The molecule has 0 radical (unpaired) electrons. The first-order valence-corrected chi connectivity index (χ1v) is 6.64. The first kappa shape index (κ1) is 18.0. The lowest BCUT2D eigenvalue weighted by Crippen LogP contribution is -2.45. The number of nitrogens with one attached hydrogen (secondary N) is 1. The van der Waals surface area contributed by atoms with Crippen molar-refractivity contribution >= 4 is 23.3 Å². The largest absolute Gasteiger partial charge is 0.480 e. The first-order valence-electron chi connectivity index (χ1n) is 6.64. The third-order valence-electron chi connectivity index (χ3n) is 3.35. The van der Waals surface area contributed by atoms with Gasteiger partial charge in [0.15, 0.2) is 0 Å². The summed E-state index contributed by atoms with van der Waals surface area (Å²) in [5.74, 6) is -2.57. The lowest BCUT2D eigenvalue weighted by molar-refractivity contribution is -0.394. The highest BCUT2D eigenvalue weighted by molar-refractivity contribution is 5.97. The summed E-state index contributed by atoms with van der Waals surface area (Å²) in [6.07, 6.45) is 0.479. The number of aliphatic carboxylic acids is 1. The molecule has 0 aromatic heterocycles. The van der Waals surface area contributed by atoms with Gasteiger partial charge in [-0.1, -0.05) is 20.3 Å². The summed E-state index contributed by atoms with van der Waals surface area (Å²) in [7, 11) is 0. The van der Waals surface area contributed by atoms with E-state index in [9.17, 15) is 29.8 Å². The molecule has 2 unspecified atom stereocenters. The Morgan fingerprint density at radius 2 is 1.65 bits per heavy atom. The zero-order valence-electron chi connectivity index (χ0n) is 12.4. The number of hydrogen-bond acceptors (Lipinski definition) is 6. The lowest BCUT2D eigenvalue weighted by atomic mass is 9.99. The molecule has 1 rings (SSSR count). The highest BCUT2D eigenvalue weighted by atomic mass is 16.6. The van der Waals surface area contributed by atoms with Gasteiger partial charge in [0, 0.05) is 12.1 Å². The second kappa shape index (κ2) is 7.29. The Balaban J connectivity index is 3.18. The Labute approximate surface area is 130 Å². The molecular weight excluding hydrogens is 310 g/mol. The molecule has 124 valence electrons. The molecule has 0 fully saturated rings. The maximum atomic E-state index is 12.1. The van der Waals surface area contributed by atoms with Crippen LogP contribution < -0.4 is 5.32 Å². The molecule has 0 heterocycles. The molecule has 0 spiro atoms. The van der Waals surface area contributed by atoms with Crippen LogP contribution in [0.25, 0.3) is 0 Å². The zero-order chi connectivity index (χ0) is 17.7. The summed E-state index contributed by atoms with van der Waals surface area (Å²) in [6, 6.07) is 1.24. The molecule has 10 heteroatoms. The molecular formula is C13H15N3O7. The third-order valence-corrected chi connectivity index (χ3v) is 3.35. The van der Waals surface area contributed by atoms with Gasteiger partial charge in [-0.05, 0) is 5.92 Å². The quantitative estimate of drug-likeness (QED) is 0.571. The van der Waals surface area contributed by atoms with Crippen molar-refractivity contribution in [2.75, 3.05) is 0 Å². The van der Waals surface area contributed by atoms with Crippen molar-refractivity contribution in [2.45, 2.75) is 26.3 Å². The highest BCUT2D eigenvalue weighted by Gasteiger charge is 2.27. The Hall–Kier alpha value is -3.04. The average Bonchev–Trinajstić information content (AvgIpc) is 2.50. The van der Waals surface area contributed by atoms with Gasteiger partial charge in [-0.25, -0.2) is 4.79 Å². The molecule has 0 bridgehead atoms. The van der Waals surface area contributed by atoms with Crippen LogP contribution in [0.5, 0.6) is 0 Å². The molecule has 10 nitrogen and oxygen atoms in total. The number of non-ortho nitro benzene ring substituents is 2. The number of carboxylic acids is 1. The molecule has 0 aliphatic rings. The van der Waals surface area contributed by atoms with E-state index in [-0.39, 0.29) is 11.5 Å². The van der Waals surface area contributed by atoms with Gasteiger partial charge in [0.25, 0.3) is 17.3 Å². The molecule has 1 amide bonds. The number of rotatable bonds is 7. The Morgan fingerprint density at radius 3 is 2.00 bits per heavy atom. The summed E-state index contributed by atoms with van der Waals surface area (Å²) in [5.41, 5.74) is -1.60. The van der Waals surface area contributed by atoms with E-state index in [0.29, 0.717) is 6.42 Å². The minimum absolute atomic E-state index is 0.347. The number of nitro benzene ring substituents is 2. The van der Waals surface area contributed by atoms with Gasteiger partial charge in [-0.2, -0.15) is 0 Å². The van der Waals surface area contributed by atoms with Crippen LogP contribution in [-0.2, 0) is 4.79 Å². The predicted molar refractivity (Wildman–Crippen MR) is 78.1 cm³/mol. The summed E-state index contributed by atoms with van der Waals surface area (Å²) in [6.45, 7) is 3.36. The number of carbonyl (C=O) groups excluding carboxylic acids is 1. The maximum absolute atomic E-state index is 12.1. The Kier molecular flexibility index (Phi) is 5.71. The molecule has 2 N–H and O–H groups in total. The van der Waals surface area contributed by atoms with Gasteiger partial charge >= 0.3 is 5.97 Å². The van der Waals surface area contributed by atoms with Crippen molar-refractivity contribution in [1.82, 2.24) is 5.32 Å². The van der Waals surface area contributed by atoms with E-state index in [1.54, 1.807) is 13.8 Å². The standard InChI is InChI=1S/C13H15N3O7/c1-3-7(2)11(13(18)19)14-12(17)8-4-9(15(20)21)6-10(5-8)16(22)23/h4-7,11H,3H2,1-2H3,(H,14,17)(H,18,19). The second-order valence-electron chi connectivity index (χ2n) is 4.93. The number of hydrogen-bond donors (Lipinski definition) is 2. The van der Waals surface area contributed by atoms with E-state index >= 15 is 0 Å². The van der Waals surface area contributed by atoms with E-state index in [2.05, 4.69) is 5.32 Å². The summed E-state index contributed by atoms with van der Waals surface area (Å²) in [5, 5.41) is 32.9. The van der Waals surface area contributed by atoms with Crippen LogP contribution >= 0.6 is 0 Å². The van der Waals surface area contributed by atoms with Crippen molar-refractivity contribution in [1.29, 1.82) is 0 Å². The molecule has 0 saturated carbocycles. The maximum Gasteiger partial charge on any atom is 0.326 e. The lowest BCUT2D eigenvalue weighted by Gasteiger charge is -2.20. The SMILES string of the molecule is CCC(C)C(NC(=O)c1cc([N+](=O)[O-])cc([N+](=O)[O-])c1)C(=O)O. The second-order valence-corrected chi connectivity index (χ2v) is 4.93. The van der Waals surface area contributed by atoms with Gasteiger partial charge in [0.1, 0.15) is 6.04 Å². The monoisotopic (exact) mass is 325 g/mol. The fourth-order valence-corrected chi connectivity index (χ4v) is 1.84. The summed E-state index contributed by atoms with van der Waals surface area (Å²) in [4.78, 5) is 43.1. The predicted octanol–water partition coefficient (Wildman–Crippen LogP) is 1.73. The number of nitro groups is 2. The average molecular weight is 325 g/mol. The van der Waals surface area contributed by atoms with Crippen LogP contribution in [0.1, 0.15) is 30.6 Å². The number of amides is 1. The summed E-state index contributed by atoms with van der Waals surface area (Å²) >= 11 is 0. The molecule has 0 aliphatic carbocycles. The van der Waals surface area contributed by atoms with Crippen LogP contribution in [0, 0.1) is 26.1 Å². The van der Waals surface area contributed by atoms with E-state index in [1.807, 2.05) is 0 Å². The van der Waals surface area contributed by atoms with Gasteiger partial charge < -0.3 is 10.4 Å². The first-order chi connectivity index (χ1) is 10.7. The normalized spacial score (nSPS) is 13.0. The van der Waals surface area contributed by atoms with Crippen LogP contribution in [-0.4, -0.2) is 32.9 Å². The topological polar surface area (TPSA) is 153 Å². The van der Waals surface area contributed by atoms with Gasteiger partial charge in [0.05, 0.1) is 21.5 Å². The minimum atomic E-state index is -1.26. The van der Waals surface area contributed by atoms with Gasteiger partial charge in [0.2, 0.25) is 0 Å². The van der Waals surface area contributed by atoms with Crippen LogP contribution in [0.2, 0.25) is 0 Å². The summed E-state index contributed by atoms with van der Waals surface area (Å²) < 4.78 is 0. The molecule has 1 aromatic carbocycles. The van der Waals surface area contributed by atoms with Crippen LogP contribution in [0.15, 0.2) is 18.2 Å². The van der Waals surface area contributed by atoms with Gasteiger partial charge in [-0.15, -0.1) is 0 Å². The van der Waals surface area contributed by atoms with Crippen LogP contribution in [0.4, 0.5) is 11.4 Å². The Bertz CT molecular complexity index is 627. The van der Waals surface area contributed by atoms with Crippen molar-refractivity contribution in [3.05, 3.63) is 44.0 Å². The molecule has 1 aromatic rings. The molecule has 23 heavy (non-hydrogen) atoms. The van der Waals surface area contributed by atoms with E-state index < -0.39 is 39.1 Å². The highest BCUT2D eigenvalue weighted by Crippen LogP contribution is 2.23. The molecule has 0 aliphatic heterocycles. The number of carbonyl (C=O) groups is 2. The molecule has 0 saturated heterocycles. The zero-order valence-corrected chi connectivity index (χ0v) is 12.4. The molecule has 2 atom stereocenters. The van der Waals surface area contributed by atoms with Crippen molar-refractivity contribution < 1.29 is 24.5 Å². The fourth-order valence-electron chi connectivity index (χ4n) is 1.84. The smallest absolute Gasteiger partial charge is 0.326 e. The fraction of sp³-hybridized carbons (Fsp3) is 0.385. The van der Waals surface area contributed by atoms with Gasteiger partial charge in [-0.3, -0.25) is 25.0 Å². The van der Waals surface area contributed by atoms with Crippen molar-refractivity contribution in [3.63, 3.8) is 0 Å². The van der Waals surface area contributed by atoms with E-state index in [4.69, 9.17) is 5.11 Å². The number of carboxylic acid groups (broad SMARTS) is 1. The van der Waals surface area contributed by atoms with Crippen LogP contribution in [0.3, 0.4) is 0 Å². The van der Waals surface area contributed by atoms with Crippen molar-refractivity contribution in [3.8, 4) is 0 Å². The minimum Gasteiger partial charge on any atom is -0.480 e.